The molecular weight excluding hydrogens is 282 g/mol. The molecule has 1 fully saturated rings. The van der Waals surface area contributed by atoms with Crippen molar-refractivity contribution >= 4 is 16.7 Å². The highest BCUT2D eigenvalue weighted by Gasteiger charge is 2.21. The zero-order chi connectivity index (χ0) is 15.5. The van der Waals surface area contributed by atoms with Crippen LogP contribution in [0.25, 0.3) is 11.0 Å². The van der Waals surface area contributed by atoms with Crippen molar-refractivity contribution in [3.05, 3.63) is 17.5 Å². The molecule has 1 aliphatic heterocycles. The molecule has 0 saturated carbocycles. The number of aromatic nitrogens is 3. The maximum atomic E-state index is 9.70. The number of aryl methyl sites for hydroxylation is 1. The van der Waals surface area contributed by atoms with Crippen molar-refractivity contribution in [1.29, 1.82) is 5.26 Å². The second-order valence-corrected chi connectivity index (χ2v) is 5.31. The summed E-state index contributed by atoms with van der Waals surface area (Å²) in [6.45, 7) is 3.87. The van der Waals surface area contributed by atoms with Crippen LogP contribution in [-0.4, -0.2) is 39.1 Å². The minimum atomic E-state index is -0.227. The number of rotatable bonds is 4. The maximum Gasteiger partial charge on any atom is 0.161 e. The predicted molar refractivity (Wildman–Crippen MR) is 81.3 cm³/mol. The van der Waals surface area contributed by atoms with E-state index < -0.39 is 0 Å². The number of hydrogen-bond acceptors (Lipinski definition) is 6. The van der Waals surface area contributed by atoms with Gasteiger partial charge in [-0.1, -0.05) is 0 Å². The highest BCUT2D eigenvalue weighted by molar-refractivity contribution is 5.92. The molecule has 1 aliphatic rings. The van der Waals surface area contributed by atoms with Crippen LogP contribution in [0.15, 0.2) is 6.20 Å². The van der Waals surface area contributed by atoms with Crippen molar-refractivity contribution in [1.82, 2.24) is 14.8 Å². The molecule has 2 aromatic heterocycles. The minimum absolute atomic E-state index is 0.227. The lowest BCUT2D eigenvalue weighted by Crippen LogP contribution is -2.28. The van der Waals surface area contributed by atoms with Gasteiger partial charge in [-0.3, -0.25) is 0 Å². The smallest absolute Gasteiger partial charge is 0.161 e. The molecule has 0 amide bonds. The van der Waals surface area contributed by atoms with Crippen molar-refractivity contribution in [2.24, 2.45) is 0 Å². The van der Waals surface area contributed by atoms with E-state index in [0.29, 0.717) is 17.8 Å². The number of aliphatic hydroxyl groups excluding tert-OH is 1. The van der Waals surface area contributed by atoms with Crippen LogP contribution in [0.4, 0.5) is 5.69 Å². The molecule has 7 nitrogen and oxygen atoms in total. The van der Waals surface area contributed by atoms with E-state index in [1.54, 1.807) is 10.9 Å². The number of hydrogen-bond donors (Lipinski definition) is 2. The van der Waals surface area contributed by atoms with Crippen LogP contribution in [0, 0.1) is 11.3 Å². The molecule has 3 heterocycles. The van der Waals surface area contributed by atoms with Gasteiger partial charge in [0.1, 0.15) is 6.07 Å². The molecule has 116 valence electrons. The van der Waals surface area contributed by atoms with Gasteiger partial charge in [0.2, 0.25) is 0 Å². The Balaban J connectivity index is 2.11. The Morgan fingerprint density at radius 3 is 2.91 bits per heavy atom. The molecule has 0 unspecified atom stereocenters. The number of nitriles is 1. The van der Waals surface area contributed by atoms with Crippen LogP contribution in [0.3, 0.4) is 0 Å². The monoisotopic (exact) mass is 301 g/mol. The third-order valence-electron chi connectivity index (χ3n) is 4.02. The van der Waals surface area contributed by atoms with Crippen molar-refractivity contribution < 1.29 is 9.84 Å². The number of aliphatic hydroxyl groups is 1. The van der Waals surface area contributed by atoms with E-state index in [-0.39, 0.29) is 18.3 Å². The number of pyridine rings is 1. The van der Waals surface area contributed by atoms with Gasteiger partial charge in [0.15, 0.2) is 11.3 Å². The second-order valence-electron chi connectivity index (χ2n) is 5.31. The molecule has 2 N–H and O–H groups in total. The second kappa shape index (κ2) is 6.30. The van der Waals surface area contributed by atoms with Gasteiger partial charge in [-0.2, -0.15) is 10.4 Å². The van der Waals surface area contributed by atoms with Crippen LogP contribution in [0.5, 0.6) is 0 Å². The zero-order valence-electron chi connectivity index (χ0n) is 12.5. The van der Waals surface area contributed by atoms with Gasteiger partial charge in [-0.15, -0.1) is 0 Å². The van der Waals surface area contributed by atoms with Crippen molar-refractivity contribution in [2.45, 2.75) is 39.0 Å². The van der Waals surface area contributed by atoms with E-state index in [4.69, 9.17) is 4.74 Å². The lowest BCUT2D eigenvalue weighted by molar-refractivity contribution is 0.0904. The summed E-state index contributed by atoms with van der Waals surface area (Å²) >= 11 is 0. The first-order valence-electron chi connectivity index (χ1n) is 7.52. The van der Waals surface area contributed by atoms with Gasteiger partial charge in [0, 0.05) is 31.4 Å². The number of anilines is 1. The lowest BCUT2D eigenvalue weighted by atomic mass is 10.1. The first-order chi connectivity index (χ1) is 10.8. The third-order valence-corrected chi connectivity index (χ3v) is 4.02. The fourth-order valence-electron chi connectivity index (χ4n) is 2.82. The molecule has 0 atom stereocenters. The summed E-state index contributed by atoms with van der Waals surface area (Å²) in [5, 5.41) is 27.7. The van der Waals surface area contributed by atoms with Gasteiger partial charge in [0.05, 0.1) is 23.9 Å². The molecule has 0 bridgehead atoms. The first-order valence-corrected chi connectivity index (χ1v) is 7.52. The Hall–Kier alpha value is -2.17. The van der Waals surface area contributed by atoms with Crippen molar-refractivity contribution in [2.75, 3.05) is 18.5 Å². The molecule has 0 spiro atoms. The largest absolute Gasteiger partial charge is 0.391 e. The van der Waals surface area contributed by atoms with E-state index in [0.717, 1.165) is 37.1 Å². The van der Waals surface area contributed by atoms with Crippen LogP contribution in [0.1, 0.15) is 31.0 Å². The molecule has 3 rings (SSSR count). The maximum absolute atomic E-state index is 9.70. The standard InChI is InChI=1S/C15H19N5O2/c1-2-20-15-11(8-17-20)14(12(9-21)13(7-16)19-15)18-10-3-5-22-6-4-10/h8,10,21H,2-6,9H2,1H3,(H,18,19). The summed E-state index contributed by atoms with van der Waals surface area (Å²) in [4.78, 5) is 4.36. The van der Waals surface area contributed by atoms with E-state index in [2.05, 4.69) is 21.5 Å². The van der Waals surface area contributed by atoms with Gasteiger partial charge in [-0.05, 0) is 19.8 Å². The topological polar surface area (TPSA) is 96.0 Å². The number of nitrogens with zero attached hydrogens (tertiary/aromatic N) is 4. The van der Waals surface area contributed by atoms with E-state index in [9.17, 15) is 10.4 Å². The Morgan fingerprint density at radius 1 is 1.50 bits per heavy atom. The Kier molecular flexibility index (Phi) is 4.22. The van der Waals surface area contributed by atoms with Gasteiger partial charge < -0.3 is 15.2 Å². The van der Waals surface area contributed by atoms with Crippen LogP contribution >= 0.6 is 0 Å². The molecular formula is C15H19N5O2. The highest BCUT2D eigenvalue weighted by Crippen LogP contribution is 2.30. The Morgan fingerprint density at radius 2 is 2.27 bits per heavy atom. The predicted octanol–water partition coefficient (Wildman–Crippen LogP) is 1.41. The van der Waals surface area contributed by atoms with E-state index >= 15 is 0 Å². The quantitative estimate of drug-likeness (QED) is 0.886. The van der Waals surface area contributed by atoms with Crippen LogP contribution in [-0.2, 0) is 17.9 Å². The summed E-state index contributed by atoms with van der Waals surface area (Å²) in [6, 6.07) is 2.35. The molecule has 0 aliphatic carbocycles. The summed E-state index contributed by atoms with van der Waals surface area (Å²) in [6.07, 6.45) is 3.55. The molecule has 1 saturated heterocycles. The normalized spacial score (nSPS) is 15.9. The summed E-state index contributed by atoms with van der Waals surface area (Å²) in [5.74, 6) is 0. The zero-order valence-corrected chi connectivity index (χ0v) is 12.5. The molecule has 22 heavy (non-hydrogen) atoms. The van der Waals surface area contributed by atoms with E-state index in [1.165, 1.54) is 0 Å². The number of fused-ring (bicyclic) bond motifs is 1. The summed E-state index contributed by atoms with van der Waals surface area (Å²) in [7, 11) is 0. The van der Waals surface area contributed by atoms with Gasteiger partial charge >= 0.3 is 0 Å². The molecule has 2 aromatic rings. The molecule has 0 aromatic carbocycles. The number of ether oxygens (including phenoxy) is 1. The first kappa shape index (κ1) is 14.8. The van der Waals surface area contributed by atoms with Crippen LogP contribution < -0.4 is 5.32 Å². The lowest BCUT2D eigenvalue weighted by Gasteiger charge is -2.25. The van der Waals surface area contributed by atoms with Gasteiger partial charge in [0.25, 0.3) is 0 Å². The average molecular weight is 301 g/mol. The molecule has 0 radical (unpaired) electrons. The Bertz CT molecular complexity index is 713. The van der Waals surface area contributed by atoms with Crippen LogP contribution in [0.2, 0.25) is 0 Å². The average Bonchev–Trinajstić information content (AvgIpc) is 2.98. The van der Waals surface area contributed by atoms with Crippen molar-refractivity contribution in [3.8, 4) is 6.07 Å². The SMILES string of the molecule is CCn1ncc2c(NC3CCOCC3)c(CO)c(C#N)nc21. The minimum Gasteiger partial charge on any atom is -0.391 e. The highest BCUT2D eigenvalue weighted by atomic mass is 16.5. The third kappa shape index (κ3) is 2.51. The fourth-order valence-corrected chi connectivity index (χ4v) is 2.82. The Labute approximate surface area is 128 Å². The number of nitrogens with one attached hydrogen (secondary N) is 1. The summed E-state index contributed by atoms with van der Waals surface area (Å²) in [5.41, 5.74) is 2.23. The van der Waals surface area contributed by atoms with E-state index in [1.807, 2.05) is 6.92 Å². The summed E-state index contributed by atoms with van der Waals surface area (Å²) < 4.78 is 7.13. The molecule has 7 heteroatoms. The van der Waals surface area contributed by atoms with Crippen molar-refractivity contribution in [3.63, 3.8) is 0 Å². The van der Waals surface area contributed by atoms with Gasteiger partial charge in [-0.25, -0.2) is 9.67 Å². The fraction of sp³-hybridized carbons (Fsp3) is 0.533.